The molecule has 0 saturated heterocycles. The van der Waals surface area contributed by atoms with Crippen molar-refractivity contribution >= 4 is 23.2 Å². The normalized spacial score (nSPS) is 9.80. The van der Waals surface area contributed by atoms with Gasteiger partial charge in [-0.15, -0.1) is 11.3 Å². The van der Waals surface area contributed by atoms with Gasteiger partial charge < -0.3 is 9.64 Å². The van der Waals surface area contributed by atoms with Gasteiger partial charge in [0.15, 0.2) is 0 Å². The quantitative estimate of drug-likeness (QED) is 0.714. The minimum atomic E-state index is -0.446. The number of amides is 1. The molecule has 82 valence electrons. The molecule has 0 fully saturated rings. The lowest BCUT2D eigenvalue weighted by atomic mass is 10.4. The zero-order chi connectivity index (χ0) is 11.4. The van der Waals surface area contributed by atoms with Crippen LogP contribution in [0.5, 0.6) is 0 Å². The van der Waals surface area contributed by atoms with Crippen molar-refractivity contribution in [3.05, 3.63) is 16.1 Å². The molecule has 0 aliphatic heterocycles. The summed E-state index contributed by atoms with van der Waals surface area (Å²) >= 11 is 1.40. The van der Waals surface area contributed by atoms with E-state index in [9.17, 15) is 9.59 Å². The van der Waals surface area contributed by atoms with Crippen molar-refractivity contribution in [3.8, 4) is 0 Å². The molecule has 0 saturated carbocycles. The Balaban J connectivity index is 2.64. The second kappa shape index (κ2) is 4.88. The van der Waals surface area contributed by atoms with E-state index in [4.69, 9.17) is 0 Å². The Bertz CT molecular complexity index is 375. The molecule has 1 aromatic rings. The van der Waals surface area contributed by atoms with Crippen LogP contribution in [0.3, 0.4) is 0 Å². The molecule has 0 unspecified atom stereocenters. The van der Waals surface area contributed by atoms with E-state index in [1.54, 1.807) is 5.38 Å². The Labute approximate surface area is 91.7 Å². The van der Waals surface area contributed by atoms with E-state index in [1.807, 2.05) is 6.92 Å². The number of carbonyl (C=O) groups is 2. The fraction of sp³-hybridized carbons (Fsp3) is 0.444. The smallest absolute Gasteiger partial charge is 0.325 e. The summed E-state index contributed by atoms with van der Waals surface area (Å²) in [5, 5.41) is 2.50. The highest BCUT2D eigenvalue weighted by Gasteiger charge is 2.17. The average Bonchev–Trinajstić information content (AvgIpc) is 2.63. The van der Waals surface area contributed by atoms with Gasteiger partial charge in [0.25, 0.3) is 5.91 Å². The number of aryl methyl sites for hydroxylation is 1. The fourth-order valence-corrected chi connectivity index (χ4v) is 1.57. The third-order valence-corrected chi connectivity index (χ3v) is 2.55. The predicted octanol–water partition coefficient (Wildman–Crippen LogP) is 0.697. The standard InChI is InChI=1S/C9H12N2O3S/c1-6-10-7(5-15-6)9(13)11(2)4-8(12)14-3/h5H,4H2,1-3H3. The van der Waals surface area contributed by atoms with Crippen molar-refractivity contribution in [3.63, 3.8) is 0 Å². The number of methoxy groups -OCH3 is 1. The van der Waals surface area contributed by atoms with Crippen LogP contribution in [0.15, 0.2) is 5.38 Å². The Hall–Kier alpha value is -1.43. The molecule has 1 heterocycles. The summed E-state index contributed by atoms with van der Waals surface area (Å²) in [5.41, 5.74) is 0.365. The van der Waals surface area contributed by atoms with E-state index >= 15 is 0 Å². The van der Waals surface area contributed by atoms with Crippen LogP contribution in [0.4, 0.5) is 0 Å². The molecule has 5 nitrogen and oxygen atoms in total. The van der Waals surface area contributed by atoms with Crippen LogP contribution in [0, 0.1) is 6.92 Å². The van der Waals surface area contributed by atoms with Gasteiger partial charge >= 0.3 is 5.97 Å². The molecule has 1 amide bonds. The van der Waals surface area contributed by atoms with Gasteiger partial charge in [-0.2, -0.15) is 0 Å². The lowest BCUT2D eigenvalue weighted by molar-refractivity contribution is -0.141. The van der Waals surface area contributed by atoms with Crippen molar-refractivity contribution in [1.82, 2.24) is 9.88 Å². The number of aromatic nitrogens is 1. The van der Waals surface area contributed by atoms with E-state index in [0.29, 0.717) is 5.69 Å². The highest BCUT2D eigenvalue weighted by Crippen LogP contribution is 2.09. The number of rotatable bonds is 3. The van der Waals surface area contributed by atoms with Crippen LogP contribution >= 0.6 is 11.3 Å². The molecular weight excluding hydrogens is 216 g/mol. The number of carbonyl (C=O) groups excluding carboxylic acids is 2. The van der Waals surface area contributed by atoms with Crippen LogP contribution in [0.25, 0.3) is 0 Å². The number of hydrogen-bond acceptors (Lipinski definition) is 5. The maximum Gasteiger partial charge on any atom is 0.325 e. The van der Waals surface area contributed by atoms with Crippen molar-refractivity contribution < 1.29 is 14.3 Å². The predicted molar refractivity (Wildman–Crippen MR) is 55.8 cm³/mol. The Morgan fingerprint density at radius 3 is 2.73 bits per heavy atom. The molecule has 0 atom stereocenters. The zero-order valence-corrected chi connectivity index (χ0v) is 9.63. The van der Waals surface area contributed by atoms with E-state index < -0.39 is 5.97 Å². The molecule has 0 radical (unpaired) electrons. The third-order valence-electron chi connectivity index (χ3n) is 1.78. The number of ether oxygens (including phenoxy) is 1. The van der Waals surface area contributed by atoms with Gasteiger partial charge in [0.1, 0.15) is 12.2 Å². The molecule has 0 bridgehead atoms. The number of nitrogens with zero attached hydrogens (tertiary/aromatic N) is 2. The molecule has 1 rings (SSSR count). The largest absolute Gasteiger partial charge is 0.468 e. The number of hydrogen-bond donors (Lipinski definition) is 0. The van der Waals surface area contributed by atoms with Gasteiger partial charge in [0, 0.05) is 12.4 Å². The van der Waals surface area contributed by atoms with Gasteiger partial charge in [0.2, 0.25) is 0 Å². The van der Waals surface area contributed by atoms with E-state index in [2.05, 4.69) is 9.72 Å². The Kier molecular flexibility index (Phi) is 3.79. The van der Waals surface area contributed by atoms with Gasteiger partial charge in [-0.1, -0.05) is 0 Å². The van der Waals surface area contributed by atoms with Crippen LogP contribution < -0.4 is 0 Å². The molecule has 0 spiro atoms. The van der Waals surface area contributed by atoms with Crippen LogP contribution in [0.1, 0.15) is 15.5 Å². The van der Waals surface area contributed by atoms with Gasteiger partial charge in [-0.3, -0.25) is 9.59 Å². The molecule has 0 aliphatic carbocycles. The minimum absolute atomic E-state index is 0.0636. The van der Waals surface area contributed by atoms with Crippen LogP contribution in [0.2, 0.25) is 0 Å². The summed E-state index contributed by atoms with van der Waals surface area (Å²) in [6.07, 6.45) is 0. The monoisotopic (exact) mass is 228 g/mol. The maximum atomic E-state index is 11.7. The van der Waals surface area contributed by atoms with Crippen LogP contribution in [-0.2, 0) is 9.53 Å². The molecule has 0 N–H and O–H groups in total. The van der Waals surface area contributed by atoms with E-state index in [1.165, 1.54) is 30.4 Å². The first-order valence-corrected chi connectivity index (χ1v) is 5.17. The van der Waals surface area contributed by atoms with Crippen molar-refractivity contribution in [2.24, 2.45) is 0 Å². The Morgan fingerprint density at radius 2 is 2.27 bits per heavy atom. The summed E-state index contributed by atoms with van der Waals surface area (Å²) in [6.45, 7) is 1.76. The van der Waals surface area contributed by atoms with Gasteiger partial charge in [-0.25, -0.2) is 4.98 Å². The first-order chi connectivity index (χ1) is 7.04. The van der Waals surface area contributed by atoms with Crippen molar-refractivity contribution in [1.29, 1.82) is 0 Å². The summed E-state index contributed by atoms with van der Waals surface area (Å²) in [5.74, 6) is -0.720. The number of thiazole rings is 1. The number of esters is 1. The summed E-state index contributed by atoms with van der Waals surface area (Å²) in [6, 6.07) is 0. The highest BCUT2D eigenvalue weighted by molar-refractivity contribution is 7.09. The lowest BCUT2D eigenvalue weighted by Crippen LogP contribution is -2.32. The first-order valence-electron chi connectivity index (χ1n) is 4.29. The summed E-state index contributed by atoms with van der Waals surface area (Å²) in [4.78, 5) is 27.9. The van der Waals surface area contributed by atoms with E-state index in [-0.39, 0.29) is 12.5 Å². The number of likely N-dealkylation sites (N-methyl/N-ethyl adjacent to an activating group) is 1. The third kappa shape index (κ3) is 3.02. The second-order valence-electron chi connectivity index (χ2n) is 2.99. The molecule has 15 heavy (non-hydrogen) atoms. The van der Waals surface area contributed by atoms with E-state index in [0.717, 1.165) is 5.01 Å². The second-order valence-corrected chi connectivity index (χ2v) is 4.05. The topological polar surface area (TPSA) is 59.5 Å². The minimum Gasteiger partial charge on any atom is -0.468 e. The van der Waals surface area contributed by atoms with Gasteiger partial charge in [0.05, 0.1) is 12.1 Å². The zero-order valence-electron chi connectivity index (χ0n) is 8.81. The van der Waals surface area contributed by atoms with Crippen LogP contribution in [-0.4, -0.2) is 42.5 Å². The lowest BCUT2D eigenvalue weighted by Gasteiger charge is -2.13. The molecular formula is C9H12N2O3S. The SMILES string of the molecule is COC(=O)CN(C)C(=O)c1csc(C)n1. The summed E-state index contributed by atoms with van der Waals surface area (Å²) < 4.78 is 4.46. The highest BCUT2D eigenvalue weighted by atomic mass is 32.1. The fourth-order valence-electron chi connectivity index (χ4n) is 0.987. The molecule has 1 aromatic heterocycles. The molecule has 0 aromatic carbocycles. The van der Waals surface area contributed by atoms with Crippen molar-refractivity contribution in [2.75, 3.05) is 20.7 Å². The van der Waals surface area contributed by atoms with Crippen molar-refractivity contribution in [2.45, 2.75) is 6.92 Å². The van der Waals surface area contributed by atoms with Gasteiger partial charge in [-0.05, 0) is 6.92 Å². The summed E-state index contributed by atoms with van der Waals surface area (Å²) in [7, 11) is 2.82. The average molecular weight is 228 g/mol. The Morgan fingerprint density at radius 1 is 1.60 bits per heavy atom. The first kappa shape index (κ1) is 11.6. The molecule has 0 aliphatic rings. The maximum absolute atomic E-state index is 11.7. The molecule has 6 heteroatoms.